The molecule has 0 fully saturated rings. The van der Waals surface area contributed by atoms with Crippen LogP contribution in [-0.2, 0) is 4.74 Å². The summed E-state index contributed by atoms with van der Waals surface area (Å²) in [7, 11) is 1.66. The molecule has 0 aromatic heterocycles. The molecule has 0 amide bonds. The van der Waals surface area contributed by atoms with E-state index in [-0.39, 0.29) is 6.04 Å². The predicted molar refractivity (Wildman–Crippen MR) is 56.9 cm³/mol. The van der Waals surface area contributed by atoms with Gasteiger partial charge in [0, 0.05) is 24.5 Å². The average Bonchev–Trinajstić information content (AvgIpc) is 2.10. The van der Waals surface area contributed by atoms with Crippen LogP contribution in [0.2, 0.25) is 0 Å². The van der Waals surface area contributed by atoms with Crippen molar-refractivity contribution in [2.75, 3.05) is 20.3 Å². The van der Waals surface area contributed by atoms with E-state index < -0.39 is 0 Å². The quantitative estimate of drug-likeness (QED) is 0.555. The first-order chi connectivity index (χ1) is 6.22. The van der Waals surface area contributed by atoms with E-state index in [0.29, 0.717) is 24.2 Å². The van der Waals surface area contributed by atoms with Gasteiger partial charge in [-0.3, -0.25) is 0 Å². The highest BCUT2D eigenvalue weighted by atomic mass is 79.9. The van der Waals surface area contributed by atoms with Gasteiger partial charge in [-0.05, 0) is 6.42 Å². The van der Waals surface area contributed by atoms with Gasteiger partial charge >= 0.3 is 0 Å². The van der Waals surface area contributed by atoms with Crippen LogP contribution in [0, 0.1) is 0 Å². The van der Waals surface area contributed by atoms with Crippen LogP contribution in [0.1, 0.15) is 13.3 Å². The van der Waals surface area contributed by atoms with Crippen LogP contribution in [0.4, 0.5) is 4.39 Å². The normalized spacial score (nSPS) is 16.3. The summed E-state index contributed by atoms with van der Waals surface area (Å²) < 4.78 is 16.7. The Balaban J connectivity index is 3.67. The van der Waals surface area contributed by atoms with Gasteiger partial charge in [0.15, 0.2) is 0 Å². The highest BCUT2D eigenvalue weighted by molar-refractivity contribution is 9.09. The van der Waals surface area contributed by atoms with Crippen molar-refractivity contribution in [1.82, 2.24) is 5.32 Å². The van der Waals surface area contributed by atoms with Crippen molar-refractivity contribution in [1.29, 1.82) is 0 Å². The fourth-order valence-electron chi connectivity index (χ4n) is 0.978. The molecule has 2 atom stereocenters. The third kappa shape index (κ3) is 7.16. The lowest BCUT2D eigenvalue weighted by Crippen LogP contribution is -2.37. The second kappa shape index (κ2) is 8.66. The highest BCUT2D eigenvalue weighted by Gasteiger charge is 2.11. The van der Waals surface area contributed by atoms with Gasteiger partial charge in [-0.2, -0.15) is 0 Å². The van der Waals surface area contributed by atoms with Crippen molar-refractivity contribution in [2.24, 2.45) is 0 Å². The number of hydrogen-bond donors (Lipinski definition) is 1. The molecule has 2 nitrogen and oxygen atoms in total. The Bertz CT molecular complexity index is 142. The Hall–Kier alpha value is 0.0700. The molecule has 0 rings (SSSR count). The van der Waals surface area contributed by atoms with E-state index in [9.17, 15) is 4.39 Å². The SMILES string of the molecule is COCCNC(C/C=C/F)[C@H](C)Br. The first-order valence-corrected chi connectivity index (χ1v) is 5.25. The molecule has 1 unspecified atom stereocenters. The molecular weight excluding hydrogens is 237 g/mol. The maximum Gasteiger partial charge on any atom is 0.0827 e. The summed E-state index contributed by atoms with van der Waals surface area (Å²) in [6, 6.07) is 0.252. The zero-order valence-electron chi connectivity index (χ0n) is 8.09. The number of nitrogens with one attached hydrogen (secondary N) is 1. The van der Waals surface area contributed by atoms with E-state index in [1.807, 2.05) is 6.92 Å². The minimum absolute atomic E-state index is 0.252. The largest absolute Gasteiger partial charge is 0.383 e. The van der Waals surface area contributed by atoms with Crippen molar-refractivity contribution < 1.29 is 9.13 Å². The monoisotopic (exact) mass is 253 g/mol. The summed E-state index contributed by atoms with van der Waals surface area (Å²) >= 11 is 3.46. The number of ether oxygens (including phenoxy) is 1. The van der Waals surface area contributed by atoms with E-state index in [2.05, 4.69) is 21.2 Å². The Morgan fingerprint density at radius 2 is 2.31 bits per heavy atom. The fraction of sp³-hybridized carbons (Fsp3) is 0.778. The number of methoxy groups -OCH3 is 1. The Morgan fingerprint density at radius 3 is 2.77 bits per heavy atom. The van der Waals surface area contributed by atoms with Crippen molar-refractivity contribution in [2.45, 2.75) is 24.2 Å². The number of hydrogen-bond acceptors (Lipinski definition) is 2. The van der Waals surface area contributed by atoms with E-state index in [4.69, 9.17) is 4.74 Å². The Kier molecular flexibility index (Phi) is 8.71. The van der Waals surface area contributed by atoms with Crippen LogP contribution in [0.25, 0.3) is 0 Å². The maximum atomic E-state index is 11.8. The van der Waals surface area contributed by atoms with Gasteiger partial charge in [0.2, 0.25) is 0 Å². The van der Waals surface area contributed by atoms with E-state index >= 15 is 0 Å². The van der Waals surface area contributed by atoms with Crippen LogP contribution < -0.4 is 5.32 Å². The number of rotatable bonds is 7. The molecule has 78 valence electrons. The molecule has 0 heterocycles. The average molecular weight is 254 g/mol. The highest BCUT2D eigenvalue weighted by Crippen LogP contribution is 2.08. The zero-order chi connectivity index (χ0) is 10.1. The molecule has 4 heteroatoms. The zero-order valence-corrected chi connectivity index (χ0v) is 9.68. The van der Waals surface area contributed by atoms with Gasteiger partial charge in [-0.25, -0.2) is 4.39 Å². The molecule has 0 bridgehead atoms. The van der Waals surface area contributed by atoms with E-state index in [1.54, 1.807) is 7.11 Å². The molecule has 0 spiro atoms. The molecular formula is C9H17BrFNO. The second-order valence-electron chi connectivity index (χ2n) is 2.83. The summed E-state index contributed by atoms with van der Waals surface area (Å²) in [5.74, 6) is 0. The lowest BCUT2D eigenvalue weighted by molar-refractivity contribution is 0.195. The standard InChI is InChI=1S/C9H17BrFNO/c1-8(10)9(4-3-5-11)12-6-7-13-2/h3,5,8-9,12H,4,6-7H2,1-2H3/b5-3+/t8-,9?/m0/s1. The summed E-state index contributed by atoms with van der Waals surface area (Å²) in [6.45, 7) is 3.50. The van der Waals surface area contributed by atoms with E-state index in [1.165, 1.54) is 6.08 Å². The van der Waals surface area contributed by atoms with Crippen LogP contribution in [0.3, 0.4) is 0 Å². The van der Waals surface area contributed by atoms with Gasteiger partial charge in [0.1, 0.15) is 0 Å². The van der Waals surface area contributed by atoms with Crippen molar-refractivity contribution in [3.63, 3.8) is 0 Å². The lowest BCUT2D eigenvalue weighted by Gasteiger charge is -2.19. The summed E-state index contributed by atoms with van der Waals surface area (Å²) in [4.78, 5) is 0.320. The molecule has 0 radical (unpaired) electrons. The van der Waals surface area contributed by atoms with Crippen molar-refractivity contribution in [3.05, 3.63) is 12.4 Å². The topological polar surface area (TPSA) is 21.3 Å². The summed E-state index contributed by atoms with van der Waals surface area (Å²) in [5, 5.41) is 3.27. The van der Waals surface area contributed by atoms with Gasteiger partial charge in [0.05, 0.1) is 12.9 Å². The molecule has 13 heavy (non-hydrogen) atoms. The molecule has 0 aromatic rings. The van der Waals surface area contributed by atoms with Crippen molar-refractivity contribution in [3.8, 4) is 0 Å². The van der Waals surface area contributed by atoms with Gasteiger partial charge in [0.25, 0.3) is 0 Å². The third-order valence-corrected chi connectivity index (χ3v) is 2.38. The molecule has 0 saturated carbocycles. The fourth-order valence-corrected chi connectivity index (χ4v) is 1.38. The first-order valence-electron chi connectivity index (χ1n) is 4.34. The summed E-state index contributed by atoms with van der Waals surface area (Å²) in [6.07, 6.45) is 2.79. The molecule has 1 N–H and O–H groups in total. The van der Waals surface area contributed by atoms with Gasteiger partial charge in [-0.15, -0.1) is 0 Å². The minimum Gasteiger partial charge on any atom is -0.383 e. The van der Waals surface area contributed by atoms with Gasteiger partial charge < -0.3 is 10.1 Å². The maximum absolute atomic E-state index is 11.8. The predicted octanol–water partition coefficient (Wildman–Crippen LogP) is 2.25. The number of halogens is 2. The van der Waals surface area contributed by atoms with Crippen LogP contribution in [0.5, 0.6) is 0 Å². The molecule has 0 aliphatic rings. The molecule has 0 aromatic carbocycles. The number of alkyl halides is 1. The molecule has 0 aliphatic carbocycles. The van der Waals surface area contributed by atoms with Crippen LogP contribution in [0.15, 0.2) is 12.4 Å². The van der Waals surface area contributed by atoms with Gasteiger partial charge in [-0.1, -0.05) is 28.9 Å². The summed E-state index contributed by atoms with van der Waals surface area (Å²) in [5.41, 5.74) is 0. The van der Waals surface area contributed by atoms with E-state index in [0.717, 1.165) is 6.54 Å². The van der Waals surface area contributed by atoms with Crippen LogP contribution >= 0.6 is 15.9 Å². The molecule has 0 saturated heterocycles. The first kappa shape index (κ1) is 13.1. The molecule has 0 aliphatic heterocycles. The Labute approximate surface area is 87.7 Å². The van der Waals surface area contributed by atoms with Crippen LogP contribution in [-0.4, -0.2) is 31.1 Å². The third-order valence-electron chi connectivity index (χ3n) is 1.75. The van der Waals surface area contributed by atoms with Crippen molar-refractivity contribution >= 4 is 15.9 Å². The Morgan fingerprint density at radius 1 is 1.62 bits per heavy atom. The second-order valence-corrected chi connectivity index (χ2v) is 4.27. The lowest BCUT2D eigenvalue weighted by atomic mass is 10.1. The smallest absolute Gasteiger partial charge is 0.0827 e. The minimum atomic E-state index is 0.252.